The maximum absolute atomic E-state index is 13.2. The van der Waals surface area contributed by atoms with Crippen molar-refractivity contribution >= 4 is 17.6 Å². The molecule has 1 amide bonds. The Morgan fingerprint density at radius 2 is 1.76 bits per heavy atom. The summed E-state index contributed by atoms with van der Waals surface area (Å²) in [6, 6.07) is 17.8. The van der Waals surface area contributed by atoms with Gasteiger partial charge in [-0.2, -0.15) is 0 Å². The smallest absolute Gasteiger partial charge is 0.259 e. The Morgan fingerprint density at radius 3 is 2.40 bits per heavy atom. The van der Waals surface area contributed by atoms with Gasteiger partial charge in [0.25, 0.3) is 5.91 Å². The van der Waals surface area contributed by atoms with Gasteiger partial charge in [-0.3, -0.25) is 4.79 Å². The Hall–Kier alpha value is -2.62. The second-order valence-electron chi connectivity index (χ2n) is 6.32. The maximum atomic E-state index is 13.2. The van der Waals surface area contributed by atoms with Crippen LogP contribution in [0.15, 0.2) is 59.6 Å². The van der Waals surface area contributed by atoms with Crippen LogP contribution in [0, 0.1) is 6.92 Å². The zero-order chi connectivity index (χ0) is 17.8. The van der Waals surface area contributed by atoms with Gasteiger partial charge >= 0.3 is 0 Å². The van der Waals surface area contributed by atoms with Crippen LogP contribution in [0.3, 0.4) is 0 Å². The van der Waals surface area contributed by atoms with Crippen molar-refractivity contribution in [2.24, 2.45) is 4.99 Å². The summed E-state index contributed by atoms with van der Waals surface area (Å²) in [6.45, 7) is 7.87. The fourth-order valence-corrected chi connectivity index (χ4v) is 3.21. The second-order valence-corrected chi connectivity index (χ2v) is 6.32. The normalized spacial score (nSPS) is 16.9. The standard InChI is InChI=1S/C21H25N3O/c1-4-23(5-2)21-22-19(15-17-11-7-6-8-12-17)20(25)24(21)18-13-9-10-16(3)14-18/h6-14,19H,4-5,15H2,1-3H3. The van der Waals surface area contributed by atoms with Gasteiger partial charge in [0.05, 0.1) is 5.69 Å². The highest BCUT2D eigenvalue weighted by Gasteiger charge is 2.37. The summed E-state index contributed by atoms with van der Waals surface area (Å²) in [7, 11) is 0. The molecule has 0 N–H and O–H groups in total. The first kappa shape index (κ1) is 17.2. The summed E-state index contributed by atoms with van der Waals surface area (Å²) in [4.78, 5) is 21.9. The number of amides is 1. The molecule has 0 fully saturated rings. The Bertz CT molecular complexity index is 766. The predicted molar refractivity (Wildman–Crippen MR) is 103 cm³/mol. The number of carbonyl (C=O) groups is 1. The molecule has 0 saturated heterocycles. The van der Waals surface area contributed by atoms with Gasteiger partial charge in [-0.25, -0.2) is 9.89 Å². The van der Waals surface area contributed by atoms with E-state index in [0.29, 0.717) is 6.42 Å². The summed E-state index contributed by atoms with van der Waals surface area (Å²) >= 11 is 0. The fraction of sp³-hybridized carbons (Fsp3) is 0.333. The molecule has 25 heavy (non-hydrogen) atoms. The van der Waals surface area contributed by atoms with E-state index in [0.717, 1.165) is 35.9 Å². The Kier molecular flexibility index (Phi) is 5.17. The highest BCUT2D eigenvalue weighted by Crippen LogP contribution is 2.25. The van der Waals surface area contributed by atoms with Crippen LogP contribution in [0.2, 0.25) is 0 Å². The lowest BCUT2D eigenvalue weighted by Crippen LogP contribution is -2.45. The third-order valence-corrected chi connectivity index (χ3v) is 4.55. The number of guanidine groups is 1. The number of carbonyl (C=O) groups excluding carboxylic acids is 1. The zero-order valence-electron chi connectivity index (χ0n) is 15.1. The van der Waals surface area contributed by atoms with Crippen molar-refractivity contribution < 1.29 is 4.79 Å². The molecule has 2 aromatic rings. The number of anilines is 1. The van der Waals surface area contributed by atoms with Crippen LogP contribution in [0.4, 0.5) is 5.69 Å². The molecule has 0 saturated carbocycles. The molecule has 1 heterocycles. The van der Waals surface area contributed by atoms with Gasteiger partial charge in [0.15, 0.2) is 0 Å². The van der Waals surface area contributed by atoms with E-state index in [-0.39, 0.29) is 11.9 Å². The average Bonchev–Trinajstić information content (AvgIpc) is 2.93. The first-order valence-corrected chi connectivity index (χ1v) is 8.91. The predicted octanol–water partition coefficient (Wildman–Crippen LogP) is 3.65. The molecule has 1 atom stereocenters. The largest absolute Gasteiger partial charge is 0.343 e. The number of hydrogen-bond donors (Lipinski definition) is 0. The lowest BCUT2D eigenvalue weighted by atomic mass is 10.1. The Balaban J connectivity index is 1.96. The minimum Gasteiger partial charge on any atom is -0.343 e. The van der Waals surface area contributed by atoms with Crippen LogP contribution in [-0.2, 0) is 11.2 Å². The molecule has 0 aromatic heterocycles. The summed E-state index contributed by atoms with van der Waals surface area (Å²) < 4.78 is 0. The molecule has 130 valence electrons. The topological polar surface area (TPSA) is 35.9 Å². The van der Waals surface area contributed by atoms with Crippen molar-refractivity contribution in [2.75, 3.05) is 18.0 Å². The van der Waals surface area contributed by atoms with E-state index in [2.05, 4.69) is 30.9 Å². The van der Waals surface area contributed by atoms with Gasteiger partial charge in [-0.05, 0) is 44.0 Å². The number of rotatable bonds is 5. The van der Waals surface area contributed by atoms with Gasteiger partial charge in [-0.15, -0.1) is 0 Å². The molecule has 0 radical (unpaired) electrons. The van der Waals surface area contributed by atoms with E-state index in [1.54, 1.807) is 4.90 Å². The van der Waals surface area contributed by atoms with E-state index < -0.39 is 0 Å². The number of aryl methyl sites for hydroxylation is 1. The molecule has 1 aliphatic heterocycles. The maximum Gasteiger partial charge on any atom is 0.259 e. The van der Waals surface area contributed by atoms with Crippen LogP contribution in [-0.4, -0.2) is 35.9 Å². The highest BCUT2D eigenvalue weighted by molar-refractivity contribution is 6.22. The van der Waals surface area contributed by atoms with E-state index >= 15 is 0 Å². The highest BCUT2D eigenvalue weighted by atomic mass is 16.2. The monoisotopic (exact) mass is 335 g/mol. The summed E-state index contributed by atoms with van der Waals surface area (Å²) in [5.41, 5.74) is 3.16. The number of benzene rings is 2. The van der Waals surface area contributed by atoms with Crippen LogP contribution >= 0.6 is 0 Å². The van der Waals surface area contributed by atoms with Crippen molar-refractivity contribution in [3.63, 3.8) is 0 Å². The zero-order valence-corrected chi connectivity index (χ0v) is 15.1. The van der Waals surface area contributed by atoms with E-state index in [4.69, 9.17) is 4.99 Å². The summed E-state index contributed by atoms with van der Waals surface area (Å²) in [5, 5.41) is 0. The van der Waals surface area contributed by atoms with Crippen LogP contribution < -0.4 is 4.90 Å². The van der Waals surface area contributed by atoms with E-state index in [1.165, 1.54) is 0 Å². The summed E-state index contributed by atoms with van der Waals surface area (Å²) in [6.07, 6.45) is 0.632. The lowest BCUT2D eigenvalue weighted by molar-refractivity contribution is -0.118. The minimum atomic E-state index is -0.362. The average molecular weight is 335 g/mol. The molecule has 1 unspecified atom stereocenters. The second kappa shape index (κ2) is 7.51. The quantitative estimate of drug-likeness (QED) is 0.836. The number of hydrogen-bond acceptors (Lipinski definition) is 3. The fourth-order valence-electron chi connectivity index (χ4n) is 3.21. The van der Waals surface area contributed by atoms with Crippen LogP contribution in [0.5, 0.6) is 0 Å². The number of aliphatic imine (C=N–C) groups is 1. The van der Waals surface area contributed by atoms with E-state index in [9.17, 15) is 4.79 Å². The van der Waals surface area contributed by atoms with Gasteiger partial charge in [-0.1, -0.05) is 42.5 Å². The molecule has 0 spiro atoms. The first-order valence-electron chi connectivity index (χ1n) is 8.91. The lowest BCUT2D eigenvalue weighted by Gasteiger charge is -2.28. The van der Waals surface area contributed by atoms with Gasteiger partial charge in [0, 0.05) is 19.5 Å². The molecule has 4 nitrogen and oxygen atoms in total. The number of nitrogens with zero attached hydrogens (tertiary/aromatic N) is 3. The Labute approximate surface area is 149 Å². The minimum absolute atomic E-state index is 0.0522. The molecule has 0 bridgehead atoms. The van der Waals surface area contributed by atoms with Crippen LogP contribution in [0.25, 0.3) is 0 Å². The molecule has 1 aliphatic rings. The van der Waals surface area contributed by atoms with Crippen molar-refractivity contribution in [2.45, 2.75) is 33.2 Å². The van der Waals surface area contributed by atoms with Crippen molar-refractivity contribution in [3.05, 3.63) is 65.7 Å². The molecule has 0 aliphatic carbocycles. The molecule has 4 heteroatoms. The van der Waals surface area contributed by atoms with Crippen LogP contribution in [0.1, 0.15) is 25.0 Å². The molecular formula is C21H25N3O. The molecule has 3 rings (SSSR count). The first-order chi connectivity index (χ1) is 12.1. The van der Waals surface area contributed by atoms with Crippen molar-refractivity contribution in [1.29, 1.82) is 0 Å². The van der Waals surface area contributed by atoms with Crippen molar-refractivity contribution in [3.8, 4) is 0 Å². The third-order valence-electron chi connectivity index (χ3n) is 4.55. The third kappa shape index (κ3) is 3.58. The van der Waals surface area contributed by atoms with Crippen molar-refractivity contribution in [1.82, 2.24) is 4.90 Å². The van der Waals surface area contributed by atoms with Gasteiger partial charge in [0.2, 0.25) is 5.96 Å². The summed E-state index contributed by atoms with van der Waals surface area (Å²) in [5.74, 6) is 0.817. The Morgan fingerprint density at radius 1 is 1.04 bits per heavy atom. The molecular weight excluding hydrogens is 310 g/mol. The van der Waals surface area contributed by atoms with Gasteiger partial charge in [0.1, 0.15) is 6.04 Å². The SMILES string of the molecule is CCN(CC)C1=NC(Cc2ccccc2)C(=O)N1c1cccc(C)c1. The van der Waals surface area contributed by atoms with Gasteiger partial charge < -0.3 is 4.90 Å². The van der Waals surface area contributed by atoms with E-state index in [1.807, 2.05) is 49.4 Å². The molecule has 2 aromatic carbocycles.